The Hall–Kier alpha value is -3.48. The van der Waals surface area contributed by atoms with Crippen molar-refractivity contribution < 1.29 is 10.0 Å². The molecular weight excluding hydrogens is 296 g/mol. The molecule has 0 spiro atoms. The Morgan fingerprint density at radius 2 is 1.96 bits per heavy atom. The number of rotatable bonds is 4. The first-order valence-electron chi connectivity index (χ1n) is 6.76. The number of non-ortho nitro benzene ring substituents is 1. The Kier molecular flexibility index (Phi) is 3.84. The molecule has 7 nitrogen and oxygen atoms in total. The minimum Gasteiger partial charge on any atom is -0.507 e. The van der Waals surface area contributed by atoms with Gasteiger partial charge in [-0.1, -0.05) is 18.2 Å². The number of aromatic hydroxyl groups is 1. The van der Waals surface area contributed by atoms with Gasteiger partial charge >= 0.3 is 0 Å². The van der Waals surface area contributed by atoms with Crippen LogP contribution in [-0.4, -0.2) is 21.2 Å². The summed E-state index contributed by atoms with van der Waals surface area (Å²) in [6.45, 7) is 0. The molecule has 1 heterocycles. The number of nitrogens with zero attached hydrogens (tertiary/aromatic N) is 3. The van der Waals surface area contributed by atoms with Crippen LogP contribution in [0, 0.1) is 10.1 Å². The normalized spacial score (nSPS) is 11.0. The molecule has 1 aromatic heterocycles. The zero-order valence-electron chi connectivity index (χ0n) is 11.9. The third-order valence-corrected chi connectivity index (χ3v) is 3.23. The lowest BCUT2D eigenvalue weighted by Gasteiger charge is -2.03. The Balaban J connectivity index is 1.84. The quantitative estimate of drug-likeness (QED) is 0.437. The second-order valence-corrected chi connectivity index (χ2v) is 4.73. The summed E-state index contributed by atoms with van der Waals surface area (Å²) in [4.78, 5) is 14.8. The molecule has 2 aromatic carbocycles. The number of fused-ring (bicyclic) bond motifs is 1. The number of phenolic OH excluding ortho intramolecular Hbond substituents is 1. The van der Waals surface area contributed by atoms with Crippen LogP contribution in [0.25, 0.3) is 10.9 Å². The molecule has 2 N–H and O–H groups in total. The van der Waals surface area contributed by atoms with E-state index in [0.717, 1.165) is 0 Å². The number of anilines is 1. The molecule has 7 heteroatoms. The second kappa shape index (κ2) is 6.10. The monoisotopic (exact) mass is 308 g/mol. The van der Waals surface area contributed by atoms with Gasteiger partial charge in [-0.3, -0.25) is 15.5 Å². The molecule has 0 saturated heterocycles. The highest BCUT2D eigenvalue weighted by atomic mass is 16.6. The van der Waals surface area contributed by atoms with Gasteiger partial charge in [-0.2, -0.15) is 5.10 Å². The number of benzene rings is 2. The third kappa shape index (κ3) is 3.08. The summed E-state index contributed by atoms with van der Waals surface area (Å²) in [5.74, 6) is 0.574. The van der Waals surface area contributed by atoms with Gasteiger partial charge in [0.05, 0.1) is 22.0 Å². The summed E-state index contributed by atoms with van der Waals surface area (Å²) in [6.07, 6.45) is 1.47. The molecule has 0 aliphatic rings. The minimum absolute atomic E-state index is 0.0132. The van der Waals surface area contributed by atoms with Crippen LogP contribution in [0.4, 0.5) is 11.5 Å². The van der Waals surface area contributed by atoms with E-state index in [9.17, 15) is 15.2 Å². The van der Waals surface area contributed by atoms with E-state index < -0.39 is 4.92 Å². The average Bonchev–Trinajstić information content (AvgIpc) is 2.55. The maximum absolute atomic E-state index is 11.0. The molecule has 0 amide bonds. The van der Waals surface area contributed by atoms with E-state index in [1.165, 1.54) is 12.3 Å². The van der Waals surface area contributed by atoms with Gasteiger partial charge in [-0.15, -0.1) is 0 Å². The highest BCUT2D eigenvalue weighted by molar-refractivity contribution is 5.89. The third-order valence-electron chi connectivity index (χ3n) is 3.23. The van der Waals surface area contributed by atoms with Crippen LogP contribution in [0.5, 0.6) is 5.75 Å². The summed E-state index contributed by atoms with van der Waals surface area (Å²) in [6, 6.07) is 14.7. The van der Waals surface area contributed by atoms with Gasteiger partial charge in [-0.05, 0) is 30.3 Å². The number of aromatic nitrogens is 1. The van der Waals surface area contributed by atoms with Crippen molar-refractivity contribution in [3.8, 4) is 5.75 Å². The molecule has 3 rings (SSSR count). The minimum atomic E-state index is -0.437. The average molecular weight is 308 g/mol. The van der Waals surface area contributed by atoms with Crippen molar-refractivity contribution in [2.24, 2.45) is 5.10 Å². The zero-order valence-corrected chi connectivity index (χ0v) is 11.9. The lowest BCUT2D eigenvalue weighted by atomic mass is 10.2. The lowest BCUT2D eigenvalue weighted by molar-refractivity contribution is -0.383. The molecule has 23 heavy (non-hydrogen) atoms. The van der Waals surface area contributed by atoms with Crippen molar-refractivity contribution >= 4 is 28.6 Å². The van der Waals surface area contributed by atoms with Crippen molar-refractivity contribution in [2.45, 2.75) is 0 Å². The number of hydrogen-bond acceptors (Lipinski definition) is 6. The molecule has 0 fully saturated rings. The van der Waals surface area contributed by atoms with Gasteiger partial charge < -0.3 is 5.11 Å². The number of para-hydroxylation sites is 1. The van der Waals surface area contributed by atoms with Crippen LogP contribution in [0.2, 0.25) is 0 Å². The van der Waals surface area contributed by atoms with E-state index in [1.807, 2.05) is 0 Å². The predicted octanol–water partition coefficient (Wildman–Crippen LogP) is 3.29. The van der Waals surface area contributed by atoms with E-state index in [-0.39, 0.29) is 11.4 Å². The Morgan fingerprint density at radius 3 is 2.74 bits per heavy atom. The van der Waals surface area contributed by atoms with Crippen LogP contribution in [0.15, 0.2) is 59.7 Å². The Bertz CT molecular complexity index is 909. The fraction of sp³-hybridized carbons (Fsp3) is 0. The van der Waals surface area contributed by atoms with E-state index >= 15 is 0 Å². The maximum Gasteiger partial charge on any atom is 0.278 e. The smallest absolute Gasteiger partial charge is 0.278 e. The van der Waals surface area contributed by atoms with Crippen molar-refractivity contribution in [1.29, 1.82) is 0 Å². The van der Waals surface area contributed by atoms with Crippen LogP contribution in [0.3, 0.4) is 0 Å². The molecule has 0 aliphatic carbocycles. The van der Waals surface area contributed by atoms with Gasteiger partial charge in [0.25, 0.3) is 5.69 Å². The molecule has 0 atom stereocenters. The van der Waals surface area contributed by atoms with Crippen molar-refractivity contribution in [3.05, 3.63) is 70.3 Å². The van der Waals surface area contributed by atoms with Crippen molar-refractivity contribution in [3.63, 3.8) is 0 Å². The first-order chi connectivity index (χ1) is 11.1. The largest absolute Gasteiger partial charge is 0.507 e. The highest BCUT2D eigenvalue weighted by Crippen LogP contribution is 2.25. The summed E-state index contributed by atoms with van der Waals surface area (Å²) >= 11 is 0. The molecule has 0 unspecified atom stereocenters. The van der Waals surface area contributed by atoms with E-state index in [0.29, 0.717) is 22.3 Å². The predicted molar refractivity (Wildman–Crippen MR) is 87.7 cm³/mol. The number of phenols is 1. The van der Waals surface area contributed by atoms with E-state index in [2.05, 4.69) is 15.5 Å². The lowest BCUT2D eigenvalue weighted by Crippen LogP contribution is -1.95. The second-order valence-electron chi connectivity index (χ2n) is 4.73. The Morgan fingerprint density at radius 1 is 1.13 bits per heavy atom. The van der Waals surface area contributed by atoms with Gasteiger partial charge in [0.15, 0.2) is 0 Å². The van der Waals surface area contributed by atoms with Crippen molar-refractivity contribution in [2.75, 3.05) is 5.43 Å². The standard InChI is InChI=1S/C16H12N4O3/c21-15-7-2-1-4-11(15)10-17-19-16-9-8-12-13(18-16)5-3-6-14(12)20(22)23/h1-10,21H,(H,18,19)/b17-10+. The topological polar surface area (TPSA) is 101 Å². The molecule has 0 bridgehead atoms. The van der Waals surface area contributed by atoms with Gasteiger partial charge in [0, 0.05) is 11.6 Å². The molecule has 0 radical (unpaired) electrons. The first kappa shape index (κ1) is 14.5. The molecule has 0 aliphatic heterocycles. The van der Waals surface area contributed by atoms with Gasteiger partial charge in [0.1, 0.15) is 11.6 Å². The Labute approximate surface area is 131 Å². The number of pyridine rings is 1. The van der Waals surface area contributed by atoms with Crippen LogP contribution < -0.4 is 5.43 Å². The van der Waals surface area contributed by atoms with E-state index in [1.54, 1.807) is 48.5 Å². The number of hydrazone groups is 1. The fourth-order valence-corrected chi connectivity index (χ4v) is 2.12. The number of nitro benzene ring substituents is 1. The van der Waals surface area contributed by atoms with Crippen LogP contribution >= 0.6 is 0 Å². The molecular formula is C16H12N4O3. The van der Waals surface area contributed by atoms with Gasteiger partial charge in [-0.25, -0.2) is 4.98 Å². The highest BCUT2D eigenvalue weighted by Gasteiger charge is 2.11. The fourth-order valence-electron chi connectivity index (χ4n) is 2.12. The molecule has 0 saturated carbocycles. The summed E-state index contributed by atoms with van der Waals surface area (Å²) in [7, 11) is 0. The maximum atomic E-state index is 11.0. The number of nitrogens with one attached hydrogen (secondary N) is 1. The number of nitro groups is 1. The van der Waals surface area contributed by atoms with Crippen LogP contribution in [0.1, 0.15) is 5.56 Å². The molecule has 3 aromatic rings. The first-order valence-corrected chi connectivity index (χ1v) is 6.76. The van der Waals surface area contributed by atoms with Crippen LogP contribution in [-0.2, 0) is 0 Å². The SMILES string of the molecule is O=[N+]([O-])c1cccc2nc(N/N=C/c3ccccc3O)ccc12. The summed E-state index contributed by atoms with van der Waals surface area (Å²) < 4.78 is 0. The molecule has 114 valence electrons. The van der Waals surface area contributed by atoms with Crippen molar-refractivity contribution in [1.82, 2.24) is 4.98 Å². The summed E-state index contributed by atoms with van der Waals surface area (Å²) in [5.41, 5.74) is 3.82. The van der Waals surface area contributed by atoms with Gasteiger partial charge in [0.2, 0.25) is 0 Å². The summed E-state index contributed by atoms with van der Waals surface area (Å²) in [5, 5.41) is 25.1. The zero-order chi connectivity index (χ0) is 16.2. The number of hydrogen-bond donors (Lipinski definition) is 2. The van der Waals surface area contributed by atoms with E-state index in [4.69, 9.17) is 0 Å².